The molecule has 0 aliphatic carbocycles. The molecule has 26 heavy (non-hydrogen) atoms. The van der Waals surface area contributed by atoms with Gasteiger partial charge < -0.3 is 4.74 Å². The van der Waals surface area contributed by atoms with Crippen LogP contribution in [0.1, 0.15) is 43.9 Å². The molecular weight excluding hydrogens is 329 g/mol. The summed E-state index contributed by atoms with van der Waals surface area (Å²) in [7, 11) is 1.66. The van der Waals surface area contributed by atoms with E-state index in [0.717, 1.165) is 22.7 Å². The van der Waals surface area contributed by atoms with E-state index in [-0.39, 0.29) is 11.7 Å². The number of nitrogens with zero attached hydrogens (tertiary/aromatic N) is 3. The summed E-state index contributed by atoms with van der Waals surface area (Å²) in [5, 5.41) is 4.76. The highest BCUT2D eigenvalue weighted by molar-refractivity contribution is 5.59. The van der Waals surface area contributed by atoms with E-state index in [9.17, 15) is 4.39 Å². The fourth-order valence-corrected chi connectivity index (χ4v) is 2.94. The van der Waals surface area contributed by atoms with Crippen molar-refractivity contribution in [1.82, 2.24) is 14.8 Å². The highest BCUT2D eigenvalue weighted by Gasteiger charge is 2.16. The second-order valence-electron chi connectivity index (χ2n) is 6.86. The standard InChI is InChI=1S/C21H24FN3O/c1-14(2)20-10-21(17-9-18(22)12-23-11-17)25(24-20)13-15(3)16-5-7-19(26-4)8-6-16/h5-12,14-15H,13H2,1-4H3. The van der Waals surface area contributed by atoms with Crippen molar-refractivity contribution in [3.05, 3.63) is 65.9 Å². The van der Waals surface area contributed by atoms with Crippen molar-refractivity contribution in [1.29, 1.82) is 0 Å². The molecule has 0 spiro atoms. The molecule has 0 amide bonds. The topological polar surface area (TPSA) is 39.9 Å². The van der Waals surface area contributed by atoms with Crippen molar-refractivity contribution in [2.75, 3.05) is 7.11 Å². The molecule has 2 aromatic heterocycles. The summed E-state index contributed by atoms with van der Waals surface area (Å²) in [5.74, 6) is 1.05. The lowest BCUT2D eigenvalue weighted by atomic mass is 10.0. The molecule has 2 heterocycles. The summed E-state index contributed by atoms with van der Waals surface area (Å²) in [4.78, 5) is 3.98. The Kier molecular flexibility index (Phi) is 5.35. The molecule has 0 bridgehead atoms. The van der Waals surface area contributed by atoms with Crippen LogP contribution in [-0.2, 0) is 6.54 Å². The molecule has 0 aliphatic heterocycles. The SMILES string of the molecule is COc1ccc(C(C)Cn2nc(C(C)C)cc2-c2cncc(F)c2)cc1. The normalized spacial score (nSPS) is 12.4. The summed E-state index contributed by atoms with van der Waals surface area (Å²) < 4.78 is 20.8. The van der Waals surface area contributed by atoms with Crippen LogP contribution in [0.4, 0.5) is 4.39 Å². The molecule has 0 saturated carbocycles. The van der Waals surface area contributed by atoms with Gasteiger partial charge in [0.2, 0.25) is 0 Å². The van der Waals surface area contributed by atoms with Gasteiger partial charge in [-0.1, -0.05) is 32.9 Å². The van der Waals surface area contributed by atoms with Gasteiger partial charge in [-0.15, -0.1) is 0 Å². The number of methoxy groups -OCH3 is 1. The third-order valence-corrected chi connectivity index (χ3v) is 4.52. The minimum absolute atomic E-state index is 0.251. The van der Waals surface area contributed by atoms with Crippen molar-refractivity contribution in [2.24, 2.45) is 0 Å². The van der Waals surface area contributed by atoms with Crippen LogP contribution in [0, 0.1) is 5.82 Å². The lowest BCUT2D eigenvalue weighted by molar-refractivity contribution is 0.414. The van der Waals surface area contributed by atoms with Gasteiger partial charge in [0.1, 0.15) is 11.6 Å². The van der Waals surface area contributed by atoms with E-state index >= 15 is 0 Å². The van der Waals surface area contributed by atoms with Gasteiger partial charge in [0.15, 0.2) is 0 Å². The molecule has 1 atom stereocenters. The van der Waals surface area contributed by atoms with Crippen LogP contribution in [0.15, 0.2) is 48.8 Å². The van der Waals surface area contributed by atoms with Gasteiger partial charge in [-0.3, -0.25) is 9.67 Å². The maximum atomic E-state index is 13.6. The number of rotatable bonds is 6. The number of hydrogen-bond acceptors (Lipinski definition) is 3. The number of halogens is 1. The van der Waals surface area contributed by atoms with Gasteiger partial charge in [0.25, 0.3) is 0 Å². The van der Waals surface area contributed by atoms with Crippen LogP contribution < -0.4 is 4.74 Å². The largest absolute Gasteiger partial charge is 0.497 e. The third-order valence-electron chi connectivity index (χ3n) is 4.52. The van der Waals surface area contributed by atoms with Crippen LogP contribution in [0.2, 0.25) is 0 Å². The Hall–Kier alpha value is -2.69. The Labute approximate surface area is 153 Å². The van der Waals surface area contributed by atoms with Crippen molar-refractivity contribution < 1.29 is 9.13 Å². The van der Waals surface area contributed by atoms with E-state index in [1.54, 1.807) is 13.3 Å². The first-order valence-corrected chi connectivity index (χ1v) is 8.80. The molecule has 0 N–H and O–H groups in total. The molecular formula is C21H24FN3O. The van der Waals surface area contributed by atoms with Crippen molar-refractivity contribution in [2.45, 2.75) is 39.2 Å². The summed E-state index contributed by atoms with van der Waals surface area (Å²) in [6, 6.07) is 11.6. The first kappa shape index (κ1) is 18.1. The molecule has 1 unspecified atom stereocenters. The fourth-order valence-electron chi connectivity index (χ4n) is 2.94. The lowest BCUT2D eigenvalue weighted by Gasteiger charge is -2.15. The predicted octanol–water partition coefficient (Wildman–Crippen LogP) is 5.02. The van der Waals surface area contributed by atoms with E-state index < -0.39 is 0 Å². The highest BCUT2D eigenvalue weighted by Crippen LogP contribution is 2.27. The zero-order chi connectivity index (χ0) is 18.7. The molecule has 0 radical (unpaired) electrons. The van der Waals surface area contributed by atoms with Gasteiger partial charge in [-0.05, 0) is 35.7 Å². The average molecular weight is 353 g/mol. The van der Waals surface area contributed by atoms with Gasteiger partial charge in [0.05, 0.1) is 24.7 Å². The van der Waals surface area contributed by atoms with Crippen LogP contribution in [0.5, 0.6) is 5.75 Å². The Morgan fingerprint density at radius 2 is 1.81 bits per heavy atom. The van der Waals surface area contributed by atoms with E-state index in [2.05, 4.69) is 37.9 Å². The quantitative estimate of drug-likeness (QED) is 0.625. The molecule has 0 saturated heterocycles. The molecule has 3 rings (SSSR count). The Bertz CT molecular complexity index is 871. The summed E-state index contributed by atoms with van der Waals surface area (Å²) in [6.07, 6.45) is 2.90. The van der Waals surface area contributed by atoms with E-state index in [4.69, 9.17) is 9.84 Å². The second kappa shape index (κ2) is 7.68. The number of ether oxygens (including phenoxy) is 1. The van der Waals surface area contributed by atoms with Gasteiger partial charge >= 0.3 is 0 Å². The van der Waals surface area contributed by atoms with Gasteiger partial charge in [0, 0.05) is 24.2 Å². The van der Waals surface area contributed by atoms with Crippen LogP contribution in [0.3, 0.4) is 0 Å². The van der Waals surface area contributed by atoms with Gasteiger partial charge in [-0.2, -0.15) is 5.10 Å². The fraction of sp³-hybridized carbons (Fsp3) is 0.333. The van der Waals surface area contributed by atoms with E-state index in [0.29, 0.717) is 12.5 Å². The average Bonchev–Trinajstić information content (AvgIpc) is 3.06. The Balaban J connectivity index is 1.92. The van der Waals surface area contributed by atoms with Crippen molar-refractivity contribution in [3.63, 3.8) is 0 Å². The minimum atomic E-state index is -0.343. The molecule has 0 fully saturated rings. The van der Waals surface area contributed by atoms with E-state index in [1.807, 2.05) is 22.9 Å². The zero-order valence-corrected chi connectivity index (χ0v) is 15.6. The number of benzene rings is 1. The highest BCUT2D eigenvalue weighted by atomic mass is 19.1. The maximum Gasteiger partial charge on any atom is 0.142 e. The molecule has 4 nitrogen and oxygen atoms in total. The maximum absolute atomic E-state index is 13.6. The molecule has 136 valence electrons. The zero-order valence-electron chi connectivity index (χ0n) is 15.6. The minimum Gasteiger partial charge on any atom is -0.497 e. The van der Waals surface area contributed by atoms with Crippen molar-refractivity contribution >= 4 is 0 Å². The summed E-state index contributed by atoms with van der Waals surface area (Å²) >= 11 is 0. The monoisotopic (exact) mass is 353 g/mol. The van der Waals surface area contributed by atoms with Gasteiger partial charge in [-0.25, -0.2) is 4.39 Å². The summed E-state index contributed by atoms with van der Waals surface area (Å²) in [6.45, 7) is 7.07. The van der Waals surface area contributed by atoms with E-state index in [1.165, 1.54) is 17.8 Å². The summed E-state index contributed by atoms with van der Waals surface area (Å²) in [5.41, 5.74) is 3.83. The molecule has 1 aromatic carbocycles. The van der Waals surface area contributed by atoms with Crippen molar-refractivity contribution in [3.8, 4) is 17.0 Å². The Morgan fingerprint density at radius 3 is 2.42 bits per heavy atom. The first-order valence-electron chi connectivity index (χ1n) is 8.80. The number of pyridine rings is 1. The Morgan fingerprint density at radius 1 is 1.08 bits per heavy atom. The molecule has 5 heteroatoms. The molecule has 3 aromatic rings. The number of aromatic nitrogens is 3. The van der Waals surface area contributed by atoms with Crippen LogP contribution in [-0.4, -0.2) is 21.9 Å². The first-order chi connectivity index (χ1) is 12.5. The molecule has 0 aliphatic rings. The predicted molar refractivity (Wildman–Crippen MR) is 101 cm³/mol. The third kappa shape index (κ3) is 3.93. The van der Waals surface area contributed by atoms with Crippen LogP contribution >= 0.6 is 0 Å². The second-order valence-corrected chi connectivity index (χ2v) is 6.86. The number of hydrogen-bond donors (Lipinski definition) is 0. The van der Waals surface area contributed by atoms with Crippen LogP contribution in [0.25, 0.3) is 11.3 Å². The smallest absolute Gasteiger partial charge is 0.142 e. The lowest BCUT2D eigenvalue weighted by Crippen LogP contribution is -2.10.